The second-order valence-electron chi connectivity index (χ2n) is 4.41. The Morgan fingerprint density at radius 2 is 1.90 bits per heavy atom. The zero-order valence-electron chi connectivity index (χ0n) is 11.2. The molecule has 0 spiro atoms. The van der Waals surface area contributed by atoms with Gasteiger partial charge in [-0.3, -0.25) is 0 Å². The molecule has 0 amide bonds. The maximum atomic E-state index is 12.1. The largest absolute Gasteiger partial charge is 0.573 e. The molecular weight excluding hydrogens is 323 g/mol. The van der Waals surface area contributed by atoms with Crippen LogP contribution in [-0.2, 0) is 6.42 Å². The lowest BCUT2D eigenvalue weighted by Gasteiger charge is -2.08. The van der Waals surface area contributed by atoms with Crippen molar-refractivity contribution in [3.8, 4) is 17.0 Å². The molecule has 2 rings (SSSR count). The normalized spacial score (nSPS) is 11.7. The fraction of sp³-hybridized carbons (Fsp3) is 0.357. The van der Waals surface area contributed by atoms with E-state index >= 15 is 0 Å². The number of ether oxygens (including phenoxy) is 1. The zero-order chi connectivity index (χ0) is 15.5. The first-order chi connectivity index (χ1) is 9.89. The summed E-state index contributed by atoms with van der Waals surface area (Å²) < 4.78 is 40.7. The standard InChI is InChI=1S/C14H13ClF3NOS/c1-2-3-4-11-19-12(13(15)21-11)9-5-7-10(8-6-9)20-14(16,17)18/h5-8H,2-4H2,1H3. The van der Waals surface area contributed by atoms with Gasteiger partial charge in [0.2, 0.25) is 0 Å². The molecule has 0 radical (unpaired) electrons. The van der Waals surface area contributed by atoms with Crippen molar-refractivity contribution in [3.05, 3.63) is 33.6 Å². The second-order valence-corrected chi connectivity index (χ2v) is 6.09. The van der Waals surface area contributed by atoms with Crippen LogP contribution in [0.2, 0.25) is 4.34 Å². The van der Waals surface area contributed by atoms with Crippen LogP contribution < -0.4 is 4.74 Å². The molecule has 1 heterocycles. The number of halogens is 4. The van der Waals surface area contributed by atoms with Crippen LogP contribution in [0.25, 0.3) is 11.3 Å². The molecule has 7 heteroatoms. The highest BCUT2D eigenvalue weighted by Gasteiger charge is 2.31. The van der Waals surface area contributed by atoms with E-state index in [1.807, 2.05) is 0 Å². The predicted octanol–water partition coefficient (Wildman–Crippen LogP) is 5.70. The maximum absolute atomic E-state index is 12.1. The first-order valence-electron chi connectivity index (χ1n) is 6.40. The van der Waals surface area contributed by atoms with Gasteiger partial charge in [0, 0.05) is 5.56 Å². The quantitative estimate of drug-likeness (QED) is 0.698. The molecular formula is C14H13ClF3NOS. The minimum absolute atomic E-state index is 0.260. The van der Waals surface area contributed by atoms with Gasteiger partial charge in [-0.1, -0.05) is 24.9 Å². The number of alkyl halides is 3. The molecule has 1 aromatic carbocycles. The number of nitrogens with zero attached hydrogens (tertiary/aromatic N) is 1. The molecule has 2 aromatic rings. The van der Waals surface area contributed by atoms with Gasteiger partial charge in [0.25, 0.3) is 0 Å². The molecule has 114 valence electrons. The van der Waals surface area contributed by atoms with E-state index in [-0.39, 0.29) is 5.75 Å². The first kappa shape index (κ1) is 16.1. The van der Waals surface area contributed by atoms with E-state index < -0.39 is 6.36 Å². The summed E-state index contributed by atoms with van der Waals surface area (Å²) in [5.41, 5.74) is 1.28. The van der Waals surface area contributed by atoms with Gasteiger partial charge in [0.05, 0.1) is 5.01 Å². The molecule has 0 aliphatic carbocycles. The first-order valence-corrected chi connectivity index (χ1v) is 7.60. The van der Waals surface area contributed by atoms with Crippen molar-refractivity contribution < 1.29 is 17.9 Å². The Morgan fingerprint density at radius 1 is 1.24 bits per heavy atom. The van der Waals surface area contributed by atoms with Gasteiger partial charge in [-0.15, -0.1) is 24.5 Å². The maximum Gasteiger partial charge on any atom is 0.573 e. The van der Waals surface area contributed by atoms with Crippen molar-refractivity contribution in [1.29, 1.82) is 0 Å². The minimum atomic E-state index is -4.69. The lowest BCUT2D eigenvalue weighted by molar-refractivity contribution is -0.274. The van der Waals surface area contributed by atoms with Crippen LogP contribution in [0.4, 0.5) is 13.2 Å². The number of hydrogen-bond donors (Lipinski definition) is 0. The summed E-state index contributed by atoms with van der Waals surface area (Å²) in [6.45, 7) is 2.09. The molecule has 0 bridgehead atoms. The summed E-state index contributed by atoms with van der Waals surface area (Å²) in [5, 5.41) is 0.937. The van der Waals surface area contributed by atoms with E-state index in [0.717, 1.165) is 24.3 Å². The van der Waals surface area contributed by atoms with Gasteiger partial charge in [0.15, 0.2) is 0 Å². The summed E-state index contributed by atoms with van der Waals surface area (Å²) in [6, 6.07) is 5.55. The smallest absolute Gasteiger partial charge is 0.406 e. The fourth-order valence-electron chi connectivity index (χ4n) is 1.77. The van der Waals surface area contributed by atoms with Gasteiger partial charge < -0.3 is 4.74 Å². The van der Waals surface area contributed by atoms with Crippen molar-refractivity contribution in [1.82, 2.24) is 4.98 Å². The number of thiazole rings is 1. The predicted molar refractivity (Wildman–Crippen MR) is 77.9 cm³/mol. The van der Waals surface area contributed by atoms with Gasteiger partial charge in [0.1, 0.15) is 15.8 Å². The van der Waals surface area contributed by atoms with Crippen LogP contribution >= 0.6 is 22.9 Å². The summed E-state index contributed by atoms with van der Waals surface area (Å²) in [7, 11) is 0. The average Bonchev–Trinajstić information content (AvgIpc) is 2.77. The molecule has 0 unspecified atom stereocenters. The minimum Gasteiger partial charge on any atom is -0.406 e. The van der Waals surface area contributed by atoms with Crippen molar-refractivity contribution in [2.24, 2.45) is 0 Å². The number of benzene rings is 1. The zero-order valence-corrected chi connectivity index (χ0v) is 12.8. The number of hydrogen-bond acceptors (Lipinski definition) is 3. The highest BCUT2D eigenvalue weighted by Crippen LogP contribution is 2.34. The van der Waals surface area contributed by atoms with E-state index in [4.69, 9.17) is 11.6 Å². The Hall–Kier alpha value is -1.27. The number of aromatic nitrogens is 1. The van der Waals surface area contributed by atoms with Gasteiger partial charge >= 0.3 is 6.36 Å². The molecule has 1 aromatic heterocycles. The topological polar surface area (TPSA) is 22.1 Å². The van der Waals surface area contributed by atoms with Crippen molar-refractivity contribution >= 4 is 22.9 Å². The third kappa shape index (κ3) is 4.61. The van der Waals surface area contributed by atoms with Crippen LogP contribution in [0, 0.1) is 0 Å². The van der Waals surface area contributed by atoms with E-state index in [0.29, 0.717) is 15.6 Å². The SMILES string of the molecule is CCCCc1nc(-c2ccc(OC(F)(F)F)cc2)c(Cl)s1. The summed E-state index contributed by atoms with van der Waals surface area (Å²) in [6.07, 6.45) is -1.74. The van der Waals surface area contributed by atoms with Crippen LogP contribution in [0.1, 0.15) is 24.8 Å². The summed E-state index contributed by atoms with van der Waals surface area (Å²) in [4.78, 5) is 4.45. The van der Waals surface area contributed by atoms with Crippen LogP contribution in [0.5, 0.6) is 5.75 Å². The van der Waals surface area contributed by atoms with E-state index in [1.54, 1.807) is 0 Å². The van der Waals surface area contributed by atoms with E-state index in [1.165, 1.54) is 35.6 Å². The Balaban J connectivity index is 2.16. The van der Waals surface area contributed by atoms with Gasteiger partial charge in [-0.2, -0.15) is 0 Å². The summed E-state index contributed by atoms with van der Waals surface area (Å²) >= 11 is 7.56. The highest BCUT2D eigenvalue weighted by atomic mass is 35.5. The molecule has 0 N–H and O–H groups in total. The molecule has 0 aliphatic rings. The fourth-order valence-corrected chi connectivity index (χ4v) is 3.04. The molecule has 0 fully saturated rings. The molecule has 0 saturated heterocycles. The van der Waals surface area contributed by atoms with Gasteiger partial charge in [-0.25, -0.2) is 4.98 Å². The third-order valence-electron chi connectivity index (χ3n) is 2.74. The number of unbranched alkanes of at least 4 members (excludes halogenated alkanes) is 1. The Morgan fingerprint density at radius 3 is 2.48 bits per heavy atom. The third-order valence-corrected chi connectivity index (χ3v) is 4.05. The van der Waals surface area contributed by atoms with Gasteiger partial charge in [-0.05, 0) is 37.1 Å². The second kappa shape index (κ2) is 6.66. The number of rotatable bonds is 5. The lowest BCUT2D eigenvalue weighted by atomic mass is 10.1. The summed E-state index contributed by atoms with van der Waals surface area (Å²) in [5.74, 6) is -0.260. The lowest BCUT2D eigenvalue weighted by Crippen LogP contribution is -2.16. The Labute approximate surface area is 129 Å². The molecule has 0 saturated carbocycles. The van der Waals surface area contributed by atoms with E-state index in [9.17, 15) is 13.2 Å². The molecule has 0 aliphatic heterocycles. The van der Waals surface area contributed by atoms with Crippen LogP contribution in [0.15, 0.2) is 24.3 Å². The molecule has 0 atom stereocenters. The Bertz CT molecular complexity index is 595. The monoisotopic (exact) mass is 335 g/mol. The van der Waals surface area contributed by atoms with Crippen molar-refractivity contribution in [3.63, 3.8) is 0 Å². The van der Waals surface area contributed by atoms with Crippen molar-refractivity contribution in [2.45, 2.75) is 32.5 Å². The van der Waals surface area contributed by atoms with Crippen LogP contribution in [-0.4, -0.2) is 11.3 Å². The van der Waals surface area contributed by atoms with Crippen LogP contribution in [0.3, 0.4) is 0 Å². The van der Waals surface area contributed by atoms with Crippen molar-refractivity contribution in [2.75, 3.05) is 0 Å². The average molecular weight is 336 g/mol. The Kier molecular flexibility index (Phi) is 5.11. The number of aryl methyl sites for hydroxylation is 1. The van der Waals surface area contributed by atoms with E-state index in [2.05, 4.69) is 16.6 Å². The highest BCUT2D eigenvalue weighted by molar-refractivity contribution is 7.16. The molecule has 2 nitrogen and oxygen atoms in total. The molecule has 21 heavy (non-hydrogen) atoms.